The number of rotatable bonds is 6. The summed E-state index contributed by atoms with van der Waals surface area (Å²) in [5, 5.41) is 0. The largest absolute Gasteiger partial charge is 0.474 e. The lowest BCUT2D eigenvalue weighted by molar-refractivity contribution is -0.139. The summed E-state index contributed by atoms with van der Waals surface area (Å²) in [6.07, 6.45) is 5.47. The van der Waals surface area contributed by atoms with Gasteiger partial charge in [0.05, 0.1) is 6.61 Å². The fourth-order valence-corrected chi connectivity index (χ4v) is 3.56. The van der Waals surface area contributed by atoms with Crippen LogP contribution in [-0.2, 0) is 14.3 Å². The van der Waals surface area contributed by atoms with E-state index < -0.39 is 5.97 Å². The first kappa shape index (κ1) is 23.8. The fraction of sp³-hybridized carbons (Fsp3) is 0.591. The Morgan fingerprint density at radius 1 is 1.10 bits per heavy atom. The number of hydrazine groups is 1. The second-order valence-electron chi connectivity index (χ2n) is 7.61. The molecule has 0 unspecified atom stereocenters. The van der Waals surface area contributed by atoms with Gasteiger partial charge < -0.3 is 30.4 Å². The van der Waals surface area contributed by atoms with Crippen LogP contribution in [0.4, 0.5) is 5.69 Å². The first-order chi connectivity index (χ1) is 14.5. The molecule has 168 valence electrons. The summed E-state index contributed by atoms with van der Waals surface area (Å²) in [6, 6.07) is 10.7. The summed E-state index contributed by atoms with van der Waals surface area (Å²) >= 11 is 0. The molecule has 2 aliphatic rings. The molecule has 1 aliphatic heterocycles. The normalized spacial score (nSPS) is 18.6. The average molecular weight is 420 g/mol. The molecule has 8 nitrogen and oxygen atoms in total. The average Bonchev–Trinajstić information content (AvgIpc) is 2.77. The predicted molar refractivity (Wildman–Crippen MR) is 119 cm³/mol. The van der Waals surface area contributed by atoms with Crippen molar-refractivity contribution < 1.29 is 14.3 Å². The first-order valence-corrected chi connectivity index (χ1v) is 10.8. The highest BCUT2D eigenvalue weighted by Gasteiger charge is 2.20. The maximum Gasteiger partial charge on any atom is 0.361 e. The van der Waals surface area contributed by atoms with Gasteiger partial charge in [-0.25, -0.2) is 4.79 Å². The summed E-state index contributed by atoms with van der Waals surface area (Å²) in [7, 11) is 2.18. The molecule has 2 fully saturated rings. The Balaban J connectivity index is 0.000000220. The number of ether oxygens (including phenoxy) is 2. The molecular weight excluding hydrogens is 382 g/mol. The number of carbonyl (C=O) groups is 1. The molecule has 3 rings (SSSR count). The molecule has 0 aromatic heterocycles. The molecule has 5 N–H and O–H groups in total. The third-order valence-electron chi connectivity index (χ3n) is 5.34. The Labute approximate surface area is 180 Å². The van der Waals surface area contributed by atoms with E-state index in [1.165, 1.54) is 25.2 Å². The second kappa shape index (κ2) is 13.0. The van der Waals surface area contributed by atoms with E-state index in [-0.39, 0.29) is 24.3 Å². The SMILES string of the molecule is CCOC(=O)/C(NN)=C(/N)OC1CCCCC1.CN1CCN(c2ccccc2)CC1. The van der Waals surface area contributed by atoms with Crippen LogP contribution in [0, 0.1) is 0 Å². The van der Waals surface area contributed by atoms with E-state index in [4.69, 9.17) is 21.1 Å². The molecule has 1 aliphatic carbocycles. The summed E-state index contributed by atoms with van der Waals surface area (Å²) < 4.78 is 10.3. The minimum absolute atomic E-state index is 0.0119. The summed E-state index contributed by atoms with van der Waals surface area (Å²) in [5.41, 5.74) is 9.28. The first-order valence-electron chi connectivity index (χ1n) is 10.8. The van der Waals surface area contributed by atoms with E-state index >= 15 is 0 Å². The van der Waals surface area contributed by atoms with Gasteiger partial charge in [-0.1, -0.05) is 24.6 Å². The van der Waals surface area contributed by atoms with E-state index in [1.54, 1.807) is 6.92 Å². The van der Waals surface area contributed by atoms with Gasteiger partial charge >= 0.3 is 5.97 Å². The number of anilines is 1. The fourth-order valence-electron chi connectivity index (χ4n) is 3.56. The van der Waals surface area contributed by atoms with Crippen LogP contribution in [0.15, 0.2) is 41.9 Å². The van der Waals surface area contributed by atoms with Gasteiger partial charge in [-0.3, -0.25) is 5.84 Å². The van der Waals surface area contributed by atoms with Crippen molar-refractivity contribution in [3.8, 4) is 0 Å². The number of para-hydroxylation sites is 1. The van der Waals surface area contributed by atoms with Crippen LogP contribution >= 0.6 is 0 Å². The second-order valence-corrected chi connectivity index (χ2v) is 7.61. The quantitative estimate of drug-likeness (QED) is 0.211. The standard InChI is InChI=1S/C11H21N3O3.C11H16N2/c1-2-16-11(15)9(14-13)10(12)17-8-6-4-3-5-7-8;1-12-7-9-13(10-8-12)11-5-3-2-4-6-11/h8,14H,2-7,12-13H2,1H3;2-6H,7-10H2,1H3/b10-9+;. The van der Waals surface area contributed by atoms with Crippen LogP contribution in [0.5, 0.6) is 0 Å². The monoisotopic (exact) mass is 419 g/mol. The number of hydrogen-bond donors (Lipinski definition) is 3. The van der Waals surface area contributed by atoms with Crippen LogP contribution in [0.1, 0.15) is 39.0 Å². The van der Waals surface area contributed by atoms with Crippen LogP contribution < -0.4 is 21.9 Å². The smallest absolute Gasteiger partial charge is 0.361 e. The van der Waals surface area contributed by atoms with Crippen molar-refractivity contribution in [2.75, 3.05) is 44.7 Å². The zero-order valence-electron chi connectivity index (χ0n) is 18.3. The van der Waals surface area contributed by atoms with Crippen LogP contribution in [0.2, 0.25) is 0 Å². The predicted octanol–water partition coefficient (Wildman–Crippen LogP) is 1.93. The third-order valence-corrected chi connectivity index (χ3v) is 5.34. The Kier molecular flexibility index (Phi) is 10.3. The van der Waals surface area contributed by atoms with E-state index in [1.807, 2.05) is 0 Å². The van der Waals surface area contributed by atoms with Crippen molar-refractivity contribution in [1.29, 1.82) is 0 Å². The third kappa shape index (κ3) is 7.76. The maximum atomic E-state index is 11.5. The van der Waals surface area contributed by atoms with Crippen LogP contribution in [0.3, 0.4) is 0 Å². The Hall–Kier alpha value is -2.45. The highest BCUT2D eigenvalue weighted by atomic mass is 16.5. The van der Waals surface area contributed by atoms with Gasteiger partial charge in [0.1, 0.15) is 6.10 Å². The molecule has 1 heterocycles. The lowest BCUT2D eigenvalue weighted by Crippen LogP contribution is -2.44. The lowest BCUT2D eigenvalue weighted by atomic mass is 9.98. The Morgan fingerprint density at radius 3 is 2.30 bits per heavy atom. The van der Waals surface area contributed by atoms with Crippen molar-refractivity contribution in [3.63, 3.8) is 0 Å². The molecule has 1 aromatic rings. The minimum atomic E-state index is -0.594. The topological polar surface area (TPSA) is 106 Å². The number of likely N-dealkylation sites (N-methyl/N-ethyl adjacent to an activating group) is 1. The Bertz CT molecular complexity index is 654. The van der Waals surface area contributed by atoms with E-state index in [0.29, 0.717) is 0 Å². The number of nitrogens with zero attached hydrogens (tertiary/aromatic N) is 2. The number of carbonyl (C=O) groups excluding carboxylic acids is 1. The van der Waals surface area contributed by atoms with E-state index in [0.717, 1.165) is 38.8 Å². The zero-order chi connectivity index (χ0) is 21.8. The number of nitrogens with two attached hydrogens (primary N) is 2. The van der Waals surface area contributed by atoms with Crippen LogP contribution in [-0.4, -0.2) is 56.8 Å². The van der Waals surface area contributed by atoms with E-state index in [2.05, 4.69) is 52.6 Å². The molecule has 0 radical (unpaired) electrons. The van der Waals surface area contributed by atoms with Crippen molar-refractivity contribution in [1.82, 2.24) is 10.3 Å². The van der Waals surface area contributed by atoms with Crippen LogP contribution in [0.25, 0.3) is 0 Å². The molecule has 8 heteroatoms. The number of nitrogens with one attached hydrogen (secondary N) is 1. The lowest BCUT2D eigenvalue weighted by Gasteiger charge is -2.33. The van der Waals surface area contributed by atoms with Gasteiger partial charge in [-0.2, -0.15) is 0 Å². The van der Waals surface area contributed by atoms with Gasteiger partial charge in [-0.05, 0) is 51.8 Å². The van der Waals surface area contributed by atoms with Crippen molar-refractivity contribution in [2.24, 2.45) is 11.6 Å². The molecule has 0 bridgehead atoms. The number of esters is 1. The molecule has 0 amide bonds. The molecule has 0 atom stereocenters. The van der Waals surface area contributed by atoms with Crippen molar-refractivity contribution in [2.45, 2.75) is 45.1 Å². The number of benzene rings is 1. The zero-order valence-corrected chi connectivity index (χ0v) is 18.3. The van der Waals surface area contributed by atoms with Gasteiger partial charge in [0, 0.05) is 31.9 Å². The van der Waals surface area contributed by atoms with Crippen molar-refractivity contribution >= 4 is 11.7 Å². The molecule has 1 saturated heterocycles. The molecular formula is C22H37N5O3. The molecule has 0 spiro atoms. The highest BCUT2D eigenvalue weighted by Crippen LogP contribution is 2.22. The summed E-state index contributed by atoms with van der Waals surface area (Å²) in [5.74, 6) is 4.66. The minimum Gasteiger partial charge on any atom is -0.474 e. The van der Waals surface area contributed by atoms with Gasteiger partial charge in [0.25, 0.3) is 0 Å². The van der Waals surface area contributed by atoms with E-state index in [9.17, 15) is 4.79 Å². The van der Waals surface area contributed by atoms with Gasteiger partial charge in [0.15, 0.2) is 5.70 Å². The maximum absolute atomic E-state index is 11.5. The molecule has 30 heavy (non-hydrogen) atoms. The van der Waals surface area contributed by atoms with Gasteiger partial charge in [-0.15, -0.1) is 0 Å². The Morgan fingerprint density at radius 2 is 1.73 bits per heavy atom. The summed E-state index contributed by atoms with van der Waals surface area (Å²) in [4.78, 5) is 16.3. The number of piperazine rings is 1. The van der Waals surface area contributed by atoms with Gasteiger partial charge in [0.2, 0.25) is 5.88 Å². The molecule has 1 aromatic carbocycles. The van der Waals surface area contributed by atoms with Crippen molar-refractivity contribution in [3.05, 3.63) is 41.9 Å². The number of hydrogen-bond acceptors (Lipinski definition) is 8. The summed E-state index contributed by atoms with van der Waals surface area (Å²) in [6.45, 7) is 6.63. The highest BCUT2D eigenvalue weighted by molar-refractivity contribution is 5.88. The molecule has 1 saturated carbocycles.